The third-order valence-corrected chi connectivity index (χ3v) is 5.22. The first-order chi connectivity index (χ1) is 15.4. The molecule has 160 valence electrons. The van der Waals surface area contributed by atoms with E-state index in [4.69, 9.17) is 16.3 Å². The second-order valence-electron chi connectivity index (χ2n) is 7.23. The number of aryl methyl sites for hydroxylation is 1. The molecule has 1 fully saturated rings. The minimum absolute atomic E-state index is 0.123. The van der Waals surface area contributed by atoms with Crippen molar-refractivity contribution in [3.63, 3.8) is 0 Å². The molecule has 6 nitrogen and oxygen atoms in total. The molecular weight excluding hydrogens is 428 g/mol. The summed E-state index contributed by atoms with van der Waals surface area (Å²) in [6, 6.07) is 20.6. The zero-order chi connectivity index (χ0) is 22.7. The molecule has 4 amide bonds. The number of anilines is 1. The van der Waals surface area contributed by atoms with E-state index in [1.54, 1.807) is 61.5 Å². The van der Waals surface area contributed by atoms with E-state index < -0.39 is 17.8 Å². The molecule has 0 saturated carbocycles. The Balaban J connectivity index is 1.52. The van der Waals surface area contributed by atoms with Gasteiger partial charge in [0.05, 0.1) is 5.69 Å². The van der Waals surface area contributed by atoms with Crippen LogP contribution in [-0.2, 0) is 16.2 Å². The van der Waals surface area contributed by atoms with Gasteiger partial charge in [-0.05, 0) is 60.0 Å². The normalized spacial score (nSPS) is 15.1. The SMILES string of the molecule is Cc1ccccc1N1C(=O)NC(=O)/C(=C\c2ccc(OCc3ccc(Cl)cc3)cc2)C1=O. The molecule has 0 aliphatic carbocycles. The van der Waals surface area contributed by atoms with E-state index in [9.17, 15) is 14.4 Å². The molecule has 0 unspecified atom stereocenters. The van der Waals surface area contributed by atoms with Crippen molar-refractivity contribution in [3.05, 3.63) is 100 Å². The molecule has 0 bridgehead atoms. The number of urea groups is 1. The first-order valence-electron chi connectivity index (χ1n) is 9.87. The lowest BCUT2D eigenvalue weighted by Crippen LogP contribution is -2.54. The number of hydrogen-bond donors (Lipinski definition) is 1. The summed E-state index contributed by atoms with van der Waals surface area (Å²) in [6.07, 6.45) is 1.46. The first-order valence-corrected chi connectivity index (χ1v) is 10.2. The van der Waals surface area contributed by atoms with Crippen LogP contribution >= 0.6 is 11.6 Å². The predicted molar refractivity (Wildman–Crippen MR) is 122 cm³/mol. The van der Waals surface area contributed by atoms with E-state index in [0.717, 1.165) is 16.0 Å². The molecule has 1 N–H and O–H groups in total. The van der Waals surface area contributed by atoms with E-state index in [0.29, 0.717) is 28.6 Å². The highest BCUT2D eigenvalue weighted by Crippen LogP contribution is 2.25. The standard InChI is InChI=1S/C25H19ClN2O4/c1-16-4-2-3-5-22(16)28-24(30)21(23(29)27-25(28)31)14-17-8-12-20(13-9-17)32-15-18-6-10-19(26)11-7-18/h2-14H,15H2,1H3,(H,27,29,31)/b21-14+. The molecule has 7 heteroatoms. The van der Waals surface area contributed by atoms with Gasteiger partial charge in [0.15, 0.2) is 0 Å². The number of benzene rings is 3. The Bertz CT molecular complexity index is 1220. The number of ether oxygens (including phenoxy) is 1. The summed E-state index contributed by atoms with van der Waals surface area (Å²) in [5.74, 6) is -0.762. The van der Waals surface area contributed by atoms with Crippen LogP contribution in [0.1, 0.15) is 16.7 Å². The van der Waals surface area contributed by atoms with Crippen molar-refractivity contribution in [1.82, 2.24) is 5.32 Å². The van der Waals surface area contributed by atoms with Crippen molar-refractivity contribution < 1.29 is 19.1 Å². The number of carbonyl (C=O) groups excluding carboxylic acids is 3. The molecule has 0 spiro atoms. The Morgan fingerprint density at radius 3 is 2.31 bits per heavy atom. The maximum Gasteiger partial charge on any atom is 0.335 e. The fraction of sp³-hybridized carbons (Fsp3) is 0.0800. The number of hydrogen-bond acceptors (Lipinski definition) is 4. The minimum atomic E-state index is -0.766. The molecule has 0 atom stereocenters. The van der Waals surface area contributed by atoms with E-state index in [2.05, 4.69) is 5.32 Å². The lowest BCUT2D eigenvalue weighted by atomic mass is 10.1. The van der Waals surface area contributed by atoms with E-state index in [1.807, 2.05) is 18.2 Å². The third kappa shape index (κ3) is 4.55. The number of nitrogens with zero attached hydrogens (tertiary/aromatic N) is 1. The lowest BCUT2D eigenvalue weighted by molar-refractivity contribution is -0.122. The van der Waals surface area contributed by atoms with Gasteiger partial charge in [-0.3, -0.25) is 14.9 Å². The fourth-order valence-corrected chi connectivity index (χ4v) is 3.39. The van der Waals surface area contributed by atoms with Crippen LogP contribution in [-0.4, -0.2) is 17.8 Å². The number of halogens is 1. The molecular formula is C25H19ClN2O4. The Kier molecular flexibility index (Phi) is 6.05. The third-order valence-electron chi connectivity index (χ3n) is 4.97. The minimum Gasteiger partial charge on any atom is -0.489 e. The van der Waals surface area contributed by atoms with Gasteiger partial charge in [0.25, 0.3) is 11.8 Å². The Morgan fingerprint density at radius 1 is 0.938 bits per heavy atom. The highest BCUT2D eigenvalue weighted by atomic mass is 35.5. The Morgan fingerprint density at radius 2 is 1.62 bits per heavy atom. The van der Waals surface area contributed by atoms with Crippen LogP contribution in [0.25, 0.3) is 6.08 Å². The Labute approximate surface area is 190 Å². The van der Waals surface area contributed by atoms with Gasteiger partial charge in [0, 0.05) is 5.02 Å². The molecule has 1 aliphatic heterocycles. The van der Waals surface area contributed by atoms with Gasteiger partial charge in [-0.2, -0.15) is 0 Å². The topological polar surface area (TPSA) is 75.7 Å². The quantitative estimate of drug-likeness (QED) is 0.447. The van der Waals surface area contributed by atoms with Crippen LogP contribution in [0.4, 0.5) is 10.5 Å². The van der Waals surface area contributed by atoms with Gasteiger partial charge in [-0.15, -0.1) is 0 Å². The molecule has 4 rings (SSSR count). The van der Waals surface area contributed by atoms with E-state index >= 15 is 0 Å². The smallest absolute Gasteiger partial charge is 0.335 e. The summed E-state index contributed by atoms with van der Waals surface area (Å²) in [6.45, 7) is 2.17. The summed E-state index contributed by atoms with van der Waals surface area (Å²) < 4.78 is 5.76. The summed E-state index contributed by atoms with van der Waals surface area (Å²) in [5, 5.41) is 2.90. The first kappa shape index (κ1) is 21.3. The maximum atomic E-state index is 13.0. The van der Waals surface area contributed by atoms with Crippen molar-refractivity contribution in [2.24, 2.45) is 0 Å². The van der Waals surface area contributed by atoms with E-state index in [-0.39, 0.29) is 5.57 Å². The molecule has 1 aliphatic rings. The molecule has 0 aromatic heterocycles. The molecule has 32 heavy (non-hydrogen) atoms. The van der Waals surface area contributed by atoms with Crippen LogP contribution < -0.4 is 15.0 Å². The number of carbonyl (C=O) groups is 3. The zero-order valence-electron chi connectivity index (χ0n) is 17.2. The van der Waals surface area contributed by atoms with Crippen molar-refractivity contribution >= 4 is 41.2 Å². The maximum absolute atomic E-state index is 13.0. The highest BCUT2D eigenvalue weighted by molar-refractivity contribution is 6.39. The molecule has 3 aromatic rings. The van der Waals surface area contributed by atoms with Crippen LogP contribution in [0.2, 0.25) is 5.02 Å². The van der Waals surface area contributed by atoms with Crippen molar-refractivity contribution in [3.8, 4) is 5.75 Å². The highest BCUT2D eigenvalue weighted by Gasteiger charge is 2.37. The van der Waals surface area contributed by atoms with Gasteiger partial charge in [0.2, 0.25) is 0 Å². The number of nitrogens with one attached hydrogen (secondary N) is 1. The van der Waals surface area contributed by atoms with Gasteiger partial charge in [0.1, 0.15) is 17.9 Å². The largest absolute Gasteiger partial charge is 0.489 e. The lowest BCUT2D eigenvalue weighted by Gasteiger charge is -2.27. The average molecular weight is 447 g/mol. The van der Waals surface area contributed by atoms with Crippen molar-refractivity contribution in [1.29, 1.82) is 0 Å². The number of rotatable bonds is 5. The molecule has 0 radical (unpaired) electrons. The fourth-order valence-electron chi connectivity index (χ4n) is 3.26. The van der Waals surface area contributed by atoms with Crippen molar-refractivity contribution in [2.75, 3.05) is 4.90 Å². The van der Waals surface area contributed by atoms with Gasteiger partial charge >= 0.3 is 6.03 Å². The number of amides is 4. The second-order valence-corrected chi connectivity index (χ2v) is 7.66. The number of para-hydroxylation sites is 1. The monoisotopic (exact) mass is 446 g/mol. The van der Waals surface area contributed by atoms with Gasteiger partial charge in [-0.25, -0.2) is 9.69 Å². The van der Waals surface area contributed by atoms with Crippen LogP contribution in [0, 0.1) is 6.92 Å². The van der Waals surface area contributed by atoms with E-state index in [1.165, 1.54) is 6.08 Å². The van der Waals surface area contributed by atoms with Crippen molar-refractivity contribution in [2.45, 2.75) is 13.5 Å². The average Bonchev–Trinajstić information content (AvgIpc) is 2.78. The molecule has 1 saturated heterocycles. The summed E-state index contributed by atoms with van der Waals surface area (Å²) in [7, 11) is 0. The number of imide groups is 2. The van der Waals surface area contributed by atoms with Crippen LogP contribution in [0.5, 0.6) is 5.75 Å². The summed E-state index contributed by atoms with van der Waals surface area (Å²) >= 11 is 5.89. The van der Waals surface area contributed by atoms with Gasteiger partial charge < -0.3 is 4.74 Å². The van der Waals surface area contributed by atoms with Crippen LogP contribution in [0.3, 0.4) is 0 Å². The number of barbiturate groups is 1. The van der Waals surface area contributed by atoms with Gasteiger partial charge in [-0.1, -0.05) is 54.1 Å². The predicted octanol–water partition coefficient (Wildman–Crippen LogP) is 4.89. The Hall–Kier alpha value is -3.90. The second kappa shape index (κ2) is 9.08. The summed E-state index contributed by atoms with van der Waals surface area (Å²) in [4.78, 5) is 38.7. The molecule has 1 heterocycles. The molecule has 3 aromatic carbocycles. The summed E-state index contributed by atoms with van der Waals surface area (Å²) in [5.41, 5.74) is 2.65. The van der Waals surface area contributed by atoms with Crippen LogP contribution in [0.15, 0.2) is 78.4 Å². The zero-order valence-corrected chi connectivity index (χ0v) is 17.9.